The molecule has 1 aliphatic rings. The number of aromatic nitrogens is 2. The van der Waals surface area contributed by atoms with Crippen molar-refractivity contribution in [3.63, 3.8) is 0 Å². The summed E-state index contributed by atoms with van der Waals surface area (Å²) in [5.74, 6) is 2.25. The molecule has 186 valence electrons. The number of hydrogen-bond donors (Lipinski definition) is 2. The van der Waals surface area contributed by atoms with Gasteiger partial charge in [-0.05, 0) is 68.3 Å². The Hall–Kier alpha value is -3.17. The standard InChI is InChI=1S/C26H32N4O4S/c1-30-22(10-13-28-30)21-15-19(6-8-23(21)34-14-11-18-5-4-12-27-18)29-26(31)17-35-20-7-9-24(32-2)25(16-20)33-3/h6-10,13,15-16,18,27H,4-5,11-12,14,17H2,1-3H3,(H,29,31). The summed E-state index contributed by atoms with van der Waals surface area (Å²) in [6.07, 6.45) is 5.15. The third-order valence-corrected chi connectivity index (χ3v) is 6.97. The predicted octanol–water partition coefficient (Wildman–Crippen LogP) is 4.36. The van der Waals surface area contributed by atoms with Crippen molar-refractivity contribution in [2.24, 2.45) is 7.05 Å². The molecule has 8 nitrogen and oxygen atoms in total. The first kappa shape index (κ1) is 24.9. The summed E-state index contributed by atoms with van der Waals surface area (Å²) in [4.78, 5) is 13.6. The number of nitrogens with one attached hydrogen (secondary N) is 2. The van der Waals surface area contributed by atoms with Gasteiger partial charge in [0.15, 0.2) is 11.5 Å². The molecule has 1 fully saturated rings. The van der Waals surface area contributed by atoms with Crippen LogP contribution in [-0.4, -0.2) is 54.9 Å². The molecule has 1 saturated heterocycles. The van der Waals surface area contributed by atoms with Gasteiger partial charge in [0, 0.05) is 35.4 Å². The molecular weight excluding hydrogens is 464 g/mol. The average molecular weight is 497 g/mol. The SMILES string of the molecule is COc1ccc(SCC(=O)Nc2ccc(OCCC3CCCN3)c(-c3ccnn3C)c2)cc1OC. The second kappa shape index (κ2) is 12.0. The second-order valence-corrected chi connectivity index (χ2v) is 9.38. The van der Waals surface area contributed by atoms with Gasteiger partial charge >= 0.3 is 0 Å². The monoisotopic (exact) mass is 496 g/mol. The fraction of sp³-hybridized carbons (Fsp3) is 0.385. The van der Waals surface area contributed by atoms with Crippen molar-refractivity contribution in [1.29, 1.82) is 0 Å². The van der Waals surface area contributed by atoms with Gasteiger partial charge in [-0.15, -0.1) is 11.8 Å². The molecule has 4 rings (SSSR count). The van der Waals surface area contributed by atoms with E-state index in [1.807, 2.05) is 49.5 Å². The van der Waals surface area contributed by atoms with Crippen LogP contribution in [0.25, 0.3) is 11.3 Å². The van der Waals surface area contributed by atoms with E-state index < -0.39 is 0 Å². The molecule has 2 aromatic carbocycles. The Kier molecular flexibility index (Phi) is 8.54. The number of hydrogen-bond acceptors (Lipinski definition) is 7. The minimum absolute atomic E-state index is 0.0956. The van der Waals surface area contributed by atoms with Crippen LogP contribution in [0.15, 0.2) is 53.6 Å². The lowest BCUT2D eigenvalue weighted by molar-refractivity contribution is -0.113. The lowest BCUT2D eigenvalue weighted by atomic mass is 10.1. The second-order valence-electron chi connectivity index (χ2n) is 8.34. The highest BCUT2D eigenvalue weighted by molar-refractivity contribution is 8.00. The highest BCUT2D eigenvalue weighted by atomic mass is 32.2. The Labute approximate surface area is 210 Å². The molecule has 0 radical (unpaired) electrons. The van der Waals surface area contributed by atoms with E-state index in [-0.39, 0.29) is 11.7 Å². The lowest BCUT2D eigenvalue weighted by Crippen LogP contribution is -2.23. The largest absolute Gasteiger partial charge is 0.493 e. The van der Waals surface area contributed by atoms with Gasteiger partial charge in [0.1, 0.15) is 5.75 Å². The van der Waals surface area contributed by atoms with Gasteiger partial charge in [0.25, 0.3) is 0 Å². The first-order valence-electron chi connectivity index (χ1n) is 11.7. The van der Waals surface area contributed by atoms with Gasteiger partial charge in [-0.25, -0.2) is 0 Å². The smallest absolute Gasteiger partial charge is 0.234 e. The molecule has 2 heterocycles. The minimum Gasteiger partial charge on any atom is -0.493 e. The molecule has 0 spiro atoms. The zero-order valence-electron chi connectivity index (χ0n) is 20.4. The number of thioether (sulfide) groups is 1. The first-order valence-corrected chi connectivity index (χ1v) is 12.7. The van der Waals surface area contributed by atoms with Crippen molar-refractivity contribution in [1.82, 2.24) is 15.1 Å². The van der Waals surface area contributed by atoms with E-state index in [0.29, 0.717) is 29.8 Å². The van der Waals surface area contributed by atoms with E-state index in [9.17, 15) is 4.79 Å². The first-order chi connectivity index (χ1) is 17.1. The number of ether oxygens (including phenoxy) is 3. The van der Waals surface area contributed by atoms with E-state index in [0.717, 1.165) is 34.9 Å². The highest BCUT2D eigenvalue weighted by Crippen LogP contribution is 2.34. The van der Waals surface area contributed by atoms with E-state index in [1.54, 1.807) is 25.1 Å². The van der Waals surface area contributed by atoms with Crippen LogP contribution in [0.4, 0.5) is 5.69 Å². The van der Waals surface area contributed by atoms with Crippen molar-refractivity contribution in [3.8, 4) is 28.5 Å². The van der Waals surface area contributed by atoms with Gasteiger partial charge < -0.3 is 24.8 Å². The number of carbonyl (C=O) groups excluding carboxylic acids is 1. The molecule has 0 bridgehead atoms. The van der Waals surface area contributed by atoms with Crippen molar-refractivity contribution < 1.29 is 19.0 Å². The van der Waals surface area contributed by atoms with Gasteiger partial charge in [-0.1, -0.05) is 0 Å². The number of benzene rings is 2. The molecule has 0 saturated carbocycles. The number of anilines is 1. The fourth-order valence-corrected chi connectivity index (χ4v) is 4.86. The number of rotatable bonds is 11. The van der Waals surface area contributed by atoms with Gasteiger partial charge in [-0.3, -0.25) is 9.48 Å². The number of amides is 1. The van der Waals surface area contributed by atoms with E-state index >= 15 is 0 Å². The van der Waals surface area contributed by atoms with Crippen molar-refractivity contribution in [3.05, 3.63) is 48.7 Å². The van der Waals surface area contributed by atoms with E-state index in [1.165, 1.54) is 24.6 Å². The molecule has 1 aliphatic heterocycles. The molecule has 9 heteroatoms. The normalized spacial score (nSPS) is 15.1. The molecule has 1 amide bonds. The summed E-state index contributed by atoms with van der Waals surface area (Å²) in [6.45, 7) is 1.72. The molecule has 1 atom stereocenters. The van der Waals surface area contributed by atoms with Crippen LogP contribution in [0, 0.1) is 0 Å². The number of carbonyl (C=O) groups is 1. The Bertz CT molecular complexity index is 1140. The molecule has 35 heavy (non-hydrogen) atoms. The fourth-order valence-electron chi connectivity index (χ4n) is 4.14. The van der Waals surface area contributed by atoms with Crippen LogP contribution < -0.4 is 24.8 Å². The highest BCUT2D eigenvalue weighted by Gasteiger charge is 2.16. The van der Waals surface area contributed by atoms with E-state index in [4.69, 9.17) is 14.2 Å². The quantitative estimate of drug-likeness (QED) is 0.382. The van der Waals surface area contributed by atoms with Crippen molar-refractivity contribution in [2.45, 2.75) is 30.2 Å². The number of aryl methyl sites for hydroxylation is 1. The summed E-state index contributed by atoms with van der Waals surface area (Å²) < 4.78 is 18.6. The van der Waals surface area contributed by atoms with Crippen LogP contribution in [0.3, 0.4) is 0 Å². The summed E-state index contributed by atoms with van der Waals surface area (Å²) in [6, 6.07) is 13.8. The maximum atomic E-state index is 12.7. The van der Waals surface area contributed by atoms with Crippen LogP contribution in [0.1, 0.15) is 19.3 Å². The van der Waals surface area contributed by atoms with Crippen LogP contribution >= 0.6 is 11.8 Å². The minimum atomic E-state index is -0.0956. The molecule has 1 unspecified atom stereocenters. The zero-order chi connectivity index (χ0) is 24.6. The maximum Gasteiger partial charge on any atom is 0.234 e. The van der Waals surface area contributed by atoms with Gasteiger partial charge in [0.2, 0.25) is 5.91 Å². The maximum absolute atomic E-state index is 12.7. The summed E-state index contributed by atoms with van der Waals surface area (Å²) in [5, 5.41) is 10.8. The number of nitrogens with zero attached hydrogens (tertiary/aromatic N) is 2. The van der Waals surface area contributed by atoms with Gasteiger partial charge in [0.05, 0.1) is 32.3 Å². The summed E-state index contributed by atoms with van der Waals surface area (Å²) >= 11 is 1.43. The Balaban J connectivity index is 1.41. The predicted molar refractivity (Wildman–Crippen MR) is 139 cm³/mol. The molecule has 0 aliphatic carbocycles. The third kappa shape index (κ3) is 6.49. The third-order valence-electron chi connectivity index (χ3n) is 5.97. The summed E-state index contributed by atoms with van der Waals surface area (Å²) in [7, 11) is 5.09. The summed E-state index contributed by atoms with van der Waals surface area (Å²) in [5.41, 5.74) is 2.54. The topological polar surface area (TPSA) is 86.6 Å². The van der Waals surface area contributed by atoms with Crippen LogP contribution in [0.5, 0.6) is 17.2 Å². The Morgan fingerprint density at radius 3 is 2.69 bits per heavy atom. The average Bonchev–Trinajstić information content (AvgIpc) is 3.55. The van der Waals surface area contributed by atoms with Crippen molar-refractivity contribution in [2.75, 3.05) is 38.4 Å². The lowest BCUT2D eigenvalue weighted by Gasteiger charge is -2.16. The number of methoxy groups -OCH3 is 2. The van der Waals surface area contributed by atoms with E-state index in [2.05, 4.69) is 15.7 Å². The van der Waals surface area contributed by atoms with Crippen LogP contribution in [0.2, 0.25) is 0 Å². The van der Waals surface area contributed by atoms with Gasteiger partial charge in [-0.2, -0.15) is 5.10 Å². The molecule has 3 aromatic rings. The zero-order valence-corrected chi connectivity index (χ0v) is 21.2. The Morgan fingerprint density at radius 1 is 1.14 bits per heavy atom. The molecule has 2 N–H and O–H groups in total. The van der Waals surface area contributed by atoms with Crippen LogP contribution in [-0.2, 0) is 11.8 Å². The molecular formula is C26H32N4O4S. The molecule has 1 aromatic heterocycles. The van der Waals surface area contributed by atoms with Crippen molar-refractivity contribution >= 4 is 23.4 Å². The Morgan fingerprint density at radius 2 is 1.97 bits per heavy atom.